The number of hydrogen-bond donors (Lipinski definition) is 1. The van der Waals surface area contributed by atoms with Crippen LogP contribution >= 0.6 is 11.3 Å². The molecule has 1 aromatic heterocycles. The fraction of sp³-hybridized carbons (Fsp3) is 0.800. The van der Waals surface area contributed by atoms with Crippen LogP contribution in [0, 0.1) is 0 Å². The summed E-state index contributed by atoms with van der Waals surface area (Å²) in [5.74, 6) is 0. The summed E-state index contributed by atoms with van der Waals surface area (Å²) in [6, 6.07) is 0.418. The standard InChI is InChI=1S/C15H27N3OS/c1-15(2,3)14-17-12(10-20-14)13-11(16)6-5-7-18(13)8-9-19-4/h10-11,13H,5-9,16H2,1-4H3. The van der Waals surface area contributed by atoms with E-state index in [1.165, 1.54) is 5.01 Å². The Hall–Kier alpha value is -0.490. The molecule has 0 aromatic carbocycles. The molecule has 114 valence electrons. The smallest absolute Gasteiger partial charge is 0.0982 e. The van der Waals surface area contributed by atoms with Gasteiger partial charge in [0, 0.05) is 30.5 Å². The van der Waals surface area contributed by atoms with Gasteiger partial charge in [-0.05, 0) is 19.4 Å². The van der Waals surface area contributed by atoms with E-state index in [-0.39, 0.29) is 17.5 Å². The molecule has 2 atom stereocenters. The van der Waals surface area contributed by atoms with Crippen LogP contribution in [0.15, 0.2) is 5.38 Å². The molecule has 1 aromatic rings. The monoisotopic (exact) mass is 297 g/mol. The minimum Gasteiger partial charge on any atom is -0.383 e. The van der Waals surface area contributed by atoms with Gasteiger partial charge in [-0.25, -0.2) is 4.98 Å². The van der Waals surface area contributed by atoms with Crippen molar-refractivity contribution in [1.82, 2.24) is 9.88 Å². The molecule has 2 N–H and O–H groups in total. The number of likely N-dealkylation sites (tertiary alicyclic amines) is 1. The zero-order valence-electron chi connectivity index (χ0n) is 13.1. The molecule has 1 saturated heterocycles. The van der Waals surface area contributed by atoms with Gasteiger partial charge in [-0.15, -0.1) is 11.3 Å². The number of aromatic nitrogens is 1. The molecule has 2 rings (SSSR count). The molecular weight excluding hydrogens is 270 g/mol. The average molecular weight is 297 g/mol. The Labute approximate surface area is 126 Å². The normalized spacial score (nSPS) is 25.1. The van der Waals surface area contributed by atoms with Gasteiger partial charge in [0.2, 0.25) is 0 Å². The van der Waals surface area contributed by atoms with Crippen LogP contribution in [-0.2, 0) is 10.2 Å². The fourth-order valence-corrected chi connectivity index (χ4v) is 3.67. The van der Waals surface area contributed by atoms with E-state index in [2.05, 4.69) is 31.1 Å². The number of nitrogens with zero attached hydrogens (tertiary/aromatic N) is 2. The highest BCUT2D eigenvalue weighted by Crippen LogP contribution is 2.33. The van der Waals surface area contributed by atoms with Gasteiger partial charge < -0.3 is 10.5 Å². The van der Waals surface area contributed by atoms with E-state index < -0.39 is 0 Å². The van der Waals surface area contributed by atoms with Gasteiger partial charge in [-0.2, -0.15) is 0 Å². The van der Waals surface area contributed by atoms with Gasteiger partial charge in [-0.3, -0.25) is 4.90 Å². The van der Waals surface area contributed by atoms with Crippen molar-refractivity contribution in [3.8, 4) is 0 Å². The first-order chi connectivity index (χ1) is 9.43. The highest BCUT2D eigenvalue weighted by atomic mass is 32.1. The minimum absolute atomic E-state index is 0.110. The molecule has 2 heterocycles. The molecule has 5 heteroatoms. The highest BCUT2D eigenvalue weighted by molar-refractivity contribution is 7.09. The lowest BCUT2D eigenvalue weighted by atomic mass is 9.94. The van der Waals surface area contributed by atoms with Crippen molar-refractivity contribution in [2.75, 3.05) is 26.8 Å². The Morgan fingerprint density at radius 3 is 2.85 bits per heavy atom. The molecule has 0 aliphatic carbocycles. The van der Waals surface area contributed by atoms with Gasteiger partial charge in [0.05, 0.1) is 23.4 Å². The third kappa shape index (κ3) is 3.58. The quantitative estimate of drug-likeness (QED) is 0.928. The second-order valence-electron chi connectivity index (χ2n) is 6.61. The zero-order chi connectivity index (χ0) is 14.8. The van der Waals surface area contributed by atoms with Crippen molar-refractivity contribution in [3.05, 3.63) is 16.1 Å². The van der Waals surface area contributed by atoms with E-state index in [1.807, 2.05) is 0 Å². The molecule has 2 unspecified atom stereocenters. The van der Waals surface area contributed by atoms with E-state index in [0.29, 0.717) is 0 Å². The summed E-state index contributed by atoms with van der Waals surface area (Å²) in [4.78, 5) is 7.30. The lowest BCUT2D eigenvalue weighted by Gasteiger charge is -2.38. The number of piperidine rings is 1. The second-order valence-corrected chi connectivity index (χ2v) is 7.47. The Kier molecular flexibility index (Phi) is 5.18. The summed E-state index contributed by atoms with van der Waals surface area (Å²) in [5, 5.41) is 3.38. The summed E-state index contributed by atoms with van der Waals surface area (Å²) in [7, 11) is 1.75. The van der Waals surface area contributed by atoms with Crippen LogP contribution in [0.25, 0.3) is 0 Å². The van der Waals surface area contributed by atoms with E-state index >= 15 is 0 Å². The number of thiazole rings is 1. The van der Waals surface area contributed by atoms with Crippen molar-refractivity contribution in [2.45, 2.75) is 51.1 Å². The maximum absolute atomic E-state index is 6.37. The van der Waals surface area contributed by atoms with Gasteiger partial charge in [0.1, 0.15) is 0 Å². The molecule has 0 spiro atoms. The van der Waals surface area contributed by atoms with E-state index in [0.717, 1.165) is 38.2 Å². The number of methoxy groups -OCH3 is 1. The van der Waals surface area contributed by atoms with Crippen molar-refractivity contribution in [2.24, 2.45) is 5.73 Å². The molecule has 1 fully saturated rings. The predicted octanol–water partition coefficient (Wildman–Crippen LogP) is 2.55. The summed E-state index contributed by atoms with van der Waals surface area (Å²) in [5.41, 5.74) is 7.63. The molecular formula is C15H27N3OS. The van der Waals surface area contributed by atoms with Crippen molar-refractivity contribution in [3.63, 3.8) is 0 Å². The lowest BCUT2D eigenvalue weighted by molar-refractivity contribution is 0.0830. The van der Waals surface area contributed by atoms with Crippen LogP contribution in [-0.4, -0.2) is 42.7 Å². The van der Waals surface area contributed by atoms with Crippen LogP contribution in [0.1, 0.15) is 50.4 Å². The summed E-state index contributed by atoms with van der Waals surface area (Å²) >= 11 is 1.75. The third-order valence-corrected chi connectivity index (χ3v) is 5.12. The van der Waals surface area contributed by atoms with Gasteiger partial charge in [0.15, 0.2) is 0 Å². The van der Waals surface area contributed by atoms with Gasteiger partial charge in [0.25, 0.3) is 0 Å². The zero-order valence-corrected chi connectivity index (χ0v) is 13.9. The summed E-state index contributed by atoms with van der Waals surface area (Å²) in [6.07, 6.45) is 2.24. The van der Waals surface area contributed by atoms with E-state index in [4.69, 9.17) is 15.5 Å². The maximum Gasteiger partial charge on any atom is 0.0982 e. The fourth-order valence-electron chi connectivity index (χ4n) is 2.73. The third-order valence-electron chi connectivity index (χ3n) is 3.83. The molecule has 0 amide bonds. The SMILES string of the molecule is COCCN1CCCC(N)C1c1csc(C(C)(C)C)n1. The molecule has 20 heavy (non-hydrogen) atoms. The minimum atomic E-state index is 0.110. The Morgan fingerprint density at radius 2 is 2.25 bits per heavy atom. The number of nitrogens with two attached hydrogens (primary N) is 1. The van der Waals surface area contributed by atoms with Crippen molar-refractivity contribution < 1.29 is 4.74 Å². The van der Waals surface area contributed by atoms with Crippen LogP contribution in [0.3, 0.4) is 0 Å². The van der Waals surface area contributed by atoms with Crippen molar-refractivity contribution >= 4 is 11.3 Å². The molecule has 4 nitrogen and oxygen atoms in total. The Balaban J connectivity index is 2.19. The molecule has 0 saturated carbocycles. The first kappa shape index (κ1) is 15.9. The number of rotatable bonds is 4. The summed E-state index contributed by atoms with van der Waals surface area (Å²) < 4.78 is 5.22. The largest absolute Gasteiger partial charge is 0.383 e. The maximum atomic E-state index is 6.37. The second kappa shape index (κ2) is 6.52. The summed E-state index contributed by atoms with van der Waals surface area (Å²) in [6.45, 7) is 9.39. The van der Waals surface area contributed by atoms with Crippen LogP contribution < -0.4 is 5.73 Å². The van der Waals surface area contributed by atoms with Gasteiger partial charge in [-0.1, -0.05) is 20.8 Å². The number of hydrogen-bond acceptors (Lipinski definition) is 5. The number of ether oxygens (including phenoxy) is 1. The Morgan fingerprint density at radius 1 is 1.50 bits per heavy atom. The van der Waals surface area contributed by atoms with Crippen LogP contribution in [0.2, 0.25) is 0 Å². The van der Waals surface area contributed by atoms with E-state index in [9.17, 15) is 0 Å². The molecule has 0 radical (unpaired) electrons. The molecule has 1 aliphatic heterocycles. The van der Waals surface area contributed by atoms with Crippen molar-refractivity contribution in [1.29, 1.82) is 0 Å². The highest BCUT2D eigenvalue weighted by Gasteiger charge is 2.32. The first-order valence-corrected chi connectivity index (χ1v) is 8.26. The van der Waals surface area contributed by atoms with Crippen LogP contribution in [0.4, 0.5) is 0 Å². The first-order valence-electron chi connectivity index (χ1n) is 7.38. The van der Waals surface area contributed by atoms with Crippen LogP contribution in [0.5, 0.6) is 0 Å². The lowest BCUT2D eigenvalue weighted by Crippen LogP contribution is -2.47. The topological polar surface area (TPSA) is 51.4 Å². The molecule has 1 aliphatic rings. The Bertz CT molecular complexity index is 427. The van der Waals surface area contributed by atoms with E-state index in [1.54, 1.807) is 18.4 Å². The molecule has 0 bridgehead atoms. The average Bonchev–Trinajstić information content (AvgIpc) is 2.85. The van der Waals surface area contributed by atoms with Gasteiger partial charge >= 0.3 is 0 Å². The predicted molar refractivity (Wildman–Crippen MR) is 84.2 cm³/mol.